The summed E-state index contributed by atoms with van der Waals surface area (Å²) in [6, 6.07) is 9.39. The van der Waals surface area contributed by atoms with Crippen molar-refractivity contribution < 1.29 is 0 Å². The first-order valence-corrected chi connectivity index (χ1v) is 7.73. The van der Waals surface area contributed by atoms with Gasteiger partial charge in [0.1, 0.15) is 0 Å². The molecule has 0 fully saturated rings. The summed E-state index contributed by atoms with van der Waals surface area (Å²) in [4.78, 5) is 2.50. The van der Waals surface area contributed by atoms with Crippen LogP contribution in [0, 0.1) is 6.92 Å². The lowest BCUT2D eigenvalue weighted by Gasteiger charge is -2.24. The minimum Gasteiger partial charge on any atom is -0.310 e. The summed E-state index contributed by atoms with van der Waals surface area (Å²) in [6.45, 7) is 13.4. The fraction of sp³-hybridized carbons (Fsp3) is 0.647. The van der Waals surface area contributed by atoms with E-state index in [1.54, 1.807) is 0 Å². The zero-order valence-corrected chi connectivity index (χ0v) is 13.1. The SMILES string of the molecule is CCCNC(CCN(CC)CC)c1cccc(C)c1. The third-order valence-electron chi connectivity index (χ3n) is 3.71. The summed E-state index contributed by atoms with van der Waals surface area (Å²) < 4.78 is 0. The fourth-order valence-electron chi connectivity index (χ4n) is 2.44. The Bertz CT molecular complexity index is 345. The Morgan fingerprint density at radius 3 is 2.47 bits per heavy atom. The van der Waals surface area contributed by atoms with Crippen LogP contribution in [0.1, 0.15) is 50.8 Å². The molecule has 2 nitrogen and oxygen atoms in total. The van der Waals surface area contributed by atoms with Gasteiger partial charge < -0.3 is 10.2 Å². The molecule has 1 atom stereocenters. The van der Waals surface area contributed by atoms with Gasteiger partial charge >= 0.3 is 0 Å². The summed E-state index contributed by atoms with van der Waals surface area (Å²) in [5.41, 5.74) is 2.78. The van der Waals surface area contributed by atoms with Crippen molar-refractivity contribution in [3.8, 4) is 0 Å². The molecule has 2 heteroatoms. The largest absolute Gasteiger partial charge is 0.310 e. The molecule has 1 rings (SSSR count). The van der Waals surface area contributed by atoms with Gasteiger partial charge in [0.25, 0.3) is 0 Å². The van der Waals surface area contributed by atoms with Gasteiger partial charge in [-0.25, -0.2) is 0 Å². The first-order chi connectivity index (χ1) is 9.21. The number of nitrogens with zero attached hydrogens (tertiary/aromatic N) is 1. The number of hydrogen-bond donors (Lipinski definition) is 1. The number of hydrogen-bond acceptors (Lipinski definition) is 2. The van der Waals surface area contributed by atoms with E-state index in [9.17, 15) is 0 Å². The molecule has 0 aliphatic heterocycles. The molecular formula is C17H30N2. The predicted octanol–water partition coefficient (Wildman–Crippen LogP) is 3.77. The molecule has 1 unspecified atom stereocenters. The van der Waals surface area contributed by atoms with Gasteiger partial charge in [0.15, 0.2) is 0 Å². The monoisotopic (exact) mass is 262 g/mol. The van der Waals surface area contributed by atoms with Crippen molar-refractivity contribution in [3.63, 3.8) is 0 Å². The lowest BCUT2D eigenvalue weighted by Crippen LogP contribution is -2.29. The van der Waals surface area contributed by atoms with E-state index in [4.69, 9.17) is 0 Å². The highest BCUT2D eigenvalue weighted by Crippen LogP contribution is 2.18. The van der Waals surface area contributed by atoms with Crippen LogP contribution in [0.4, 0.5) is 0 Å². The average molecular weight is 262 g/mol. The summed E-state index contributed by atoms with van der Waals surface area (Å²) >= 11 is 0. The molecule has 0 spiro atoms. The number of rotatable bonds is 9. The quantitative estimate of drug-likeness (QED) is 0.729. The molecule has 0 saturated heterocycles. The van der Waals surface area contributed by atoms with Gasteiger partial charge in [-0.1, -0.05) is 50.6 Å². The molecule has 1 N–H and O–H groups in total. The lowest BCUT2D eigenvalue weighted by molar-refractivity contribution is 0.282. The van der Waals surface area contributed by atoms with Crippen LogP contribution in [0.2, 0.25) is 0 Å². The van der Waals surface area contributed by atoms with E-state index >= 15 is 0 Å². The molecular weight excluding hydrogens is 232 g/mol. The topological polar surface area (TPSA) is 15.3 Å². The Labute approximate surface area is 119 Å². The normalized spacial score (nSPS) is 12.9. The summed E-state index contributed by atoms with van der Waals surface area (Å²) in [5.74, 6) is 0. The molecule has 0 aliphatic rings. The van der Waals surface area contributed by atoms with Crippen molar-refractivity contribution in [1.29, 1.82) is 0 Å². The molecule has 0 amide bonds. The second-order valence-electron chi connectivity index (χ2n) is 5.24. The standard InChI is InChI=1S/C17H30N2/c1-5-12-18-17(11-13-19(6-2)7-3)16-10-8-9-15(4)14-16/h8-10,14,17-18H,5-7,11-13H2,1-4H3. The van der Waals surface area contributed by atoms with Crippen molar-refractivity contribution in [1.82, 2.24) is 10.2 Å². The Morgan fingerprint density at radius 1 is 1.16 bits per heavy atom. The highest BCUT2D eigenvalue weighted by atomic mass is 15.1. The van der Waals surface area contributed by atoms with Crippen LogP contribution in [-0.4, -0.2) is 31.1 Å². The first kappa shape index (κ1) is 16.2. The van der Waals surface area contributed by atoms with Crippen LogP contribution in [0.3, 0.4) is 0 Å². The molecule has 1 aromatic rings. The lowest BCUT2D eigenvalue weighted by atomic mass is 10.0. The van der Waals surface area contributed by atoms with Crippen LogP contribution in [0.5, 0.6) is 0 Å². The molecule has 1 aromatic carbocycles. The maximum Gasteiger partial charge on any atom is 0.0332 e. The number of aryl methyl sites for hydroxylation is 1. The molecule has 19 heavy (non-hydrogen) atoms. The Hall–Kier alpha value is -0.860. The van der Waals surface area contributed by atoms with Crippen molar-refractivity contribution >= 4 is 0 Å². The molecule has 0 saturated carbocycles. The molecule has 0 aromatic heterocycles. The van der Waals surface area contributed by atoms with Crippen molar-refractivity contribution in [3.05, 3.63) is 35.4 Å². The van der Waals surface area contributed by atoms with Gasteiger partial charge in [-0.2, -0.15) is 0 Å². The Morgan fingerprint density at radius 2 is 1.89 bits per heavy atom. The van der Waals surface area contributed by atoms with E-state index in [1.807, 2.05) is 0 Å². The third kappa shape index (κ3) is 5.75. The molecule has 0 bridgehead atoms. The van der Waals surface area contributed by atoms with E-state index in [-0.39, 0.29) is 0 Å². The van der Waals surface area contributed by atoms with Crippen LogP contribution in [-0.2, 0) is 0 Å². The van der Waals surface area contributed by atoms with Gasteiger partial charge in [-0.3, -0.25) is 0 Å². The molecule has 0 aliphatic carbocycles. The maximum atomic E-state index is 3.69. The third-order valence-corrected chi connectivity index (χ3v) is 3.71. The molecule has 0 radical (unpaired) electrons. The Kier molecular flexibility index (Phi) is 7.76. The smallest absolute Gasteiger partial charge is 0.0332 e. The predicted molar refractivity (Wildman–Crippen MR) is 84.6 cm³/mol. The summed E-state index contributed by atoms with van der Waals surface area (Å²) in [7, 11) is 0. The minimum atomic E-state index is 0.487. The van der Waals surface area contributed by atoms with Crippen molar-refractivity contribution in [2.24, 2.45) is 0 Å². The zero-order valence-electron chi connectivity index (χ0n) is 13.1. The number of nitrogens with one attached hydrogen (secondary N) is 1. The van der Waals surface area contributed by atoms with E-state index in [2.05, 4.69) is 62.2 Å². The van der Waals surface area contributed by atoms with Gasteiger partial charge in [0.2, 0.25) is 0 Å². The average Bonchev–Trinajstić information content (AvgIpc) is 2.43. The van der Waals surface area contributed by atoms with Gasteiger partial charge in [-0.15, -0.1) is 0 Å². The second-order valence-corrected chi connectivity index (χ2v) is 5.24. The van der Waals surface area contributed by atoms with Crippen LogP contribution in [0.25, 0.3) is 0 Å². The van der Waals surface area contributed by atoms with Crippen LogP contribution in [0.15, 0.2) is 24.3 Å². The van der Waals surface area contributed by atoms with Gasteiger partial charge in [-0.05, 0) is 51.5 Å². The van der Waals surface area contributed by atoms with Crippen LogP contribution >= 0.6 is 0 Å². The summed E-state index contributed by atoms with van der Waals surface area (Å²) in [6.07, 6.45) is 2.37. The highest BCUT2D eigenvalue weighted by Gasteiger charge is 2.12. The highest BCUT2D eigenvalue weighted by molar-refractivity contribution is 5.25. The first-order valence-electron chi connectivity index (χ1n) is 7.73. The fourth-order valence-corrected chi connectivity index (χ4v) is 2.44. The number of benzene rings is 1. The minimum absolute atomic E-state index is 0.487. The van der Waals surface area contributed by atoms with Crippen LogP contribution < -0.4 is 5.32 Å². The zero-order chi connectivity index (χ0) is 14.1. The molecule has 0 heterocycles. The van der Waals surface area contributed by atoms with E-state index in [1.165, 1.54) is 30.5 Å². The Balaban J connectivity index is 2.65. The van der Waals surface area contributed by atoms with E-state index in [0.29, 0.717) is 6.04 Å². The van der Waals surface area contributed by atoms with E-state index < -0.39 is 0 Å². The molecule has 108 valence electrons. The van der Waals surface area contributed by atoms with Gasteiger partial charge in [0, 0.05) is 6.04 Å². The van der Waals surface area contributed by atoms with E-state index in [0.717, 1.165) is 19.6 Å². The summed E-state index contributed by atoms with van der Waals surface area (Å²) in [5, 5.41) is 3.69. The second kappa shape index (κ2) is 9.11. The van der Waals surface area contributed by atoms with Crippen molar-refractivity contribution in [2.45, 2.75) is 46.6 Å². The maximum absolute atomic E-state index is 3.69. The van der Waals surface area contributed by atoms with Gasteiger partial charge in [0.05, 0.1) is 0 Å². The van der Waals surface area contributed by atoms with Crippen molar-refractivity contribution in [2.75, 3.05) is 26.2 Å².